The van der Waals surface area contributed by atoms with Crippen LogP contribution in [0.3, 0.4) is 0 Å². The lowest BCUT2D eigenvalue weighted by atomic mass is 9.65. The fourth-order valence-electron chi connectivity index (χ4n) is 10.6. The quantitative estimate of drug-likeness (QED) is 0.161. The average Bonchev–Trinajstić information content (AvgIpc) is 4.06. The standard InChI is InChI=1S/C60H40N2O2/c1-4-16-39(17-5-1)40-28-31-44(32-29-40)62(45-33-34-53-49(37-45)46-22-12-13-25-52(46)60(53,42-18-6-2-7-19-42)43-20-8-3-9-21-43)55-38-51-50-36-41(59-61-54-26-14-15-27-57(54)64-59)30-35-56(50)63-58(51)48-24-11-10-23-47(48)55/h1-8,10-20,22-38H,9,21H2. The summed E-state index contributed by atoms with van der Waals surface area (Å²) in [7, 11) is 0. The fraction of sp³-hybridized carbons (Fsp3) is 0.0500. The number of fused-ring (bicyclic) bond motifs is 9. The number of anilines is 3. The van der Waals surface area contributed by atoms with Gasteiger partial charge in [-0.2, -0.15) is 0 Å². The van der Waals surface area contributed by atoms with Crippen LogP contribution in [-0.2, 0) is 5.41 Å². The maximum absolute atomic E-state index is 6.77. The zero-order valence-corrected chi connectivity index (χ0v) is 34.9. The van der Waals surface area contributed by atoms with E-state index in [9.17, 15) is 0 Å². The summed E-state index contributed by atoms with van der Waals surface area (Å²) >= 11 is 0. The van der Waals surface area contributed by atoms with Crippen molar-refractivity contribution in [1.82, 2.24) is 4.98 Å². The SMILES string of the molecule is C1=CCCC(C2(c3ccccc3)c3ccccc3-c3cc(N(c4ccc(-c5ccccc5)cc4)c4cc5c6cc(-c7nc8ccccc8o7)ccc6oc5c5ccccc45)ccc32)=C1. The molecule has 4 heteroatoms. The van der Waals surface area contributed by atoms with Crippen LogP contribution in [0.4, 0.5) is 17.1 Å². The Balaban J connectivity index is 1.06. The molecule has 4 nitrogen and oxygen atoms in total. The van der Waals surface area contributed by atoms with Gasteiger partial charge < -0.3 is 13.7 Å². The van der Waals surface area contributed by atoms with Gasteiger partial charge >= 0.3 is 0 Å². The van der Waals surface area contributed by atoms with Gasteiger partial charge in [-0.25, -0.2) is 4.98 Å². The van der Waals surface area contributed by atoms with Crippen molar-refractivity contribution >= 4 is 60.9 Å². The molecule has 9 aromatic carbocycles. The molecule has 0 amide bonds. The fourth-order valence-corrected chi connectivity index (χ4v) is 10.6. The zero-order valence-electron chi connectivity index (χ0n) is 34.9. The van der Waals surface area contributed by atoms with Gasteiger partial charge in [-0.15, -0.1) is 0 Å². The largest absolute Gasteiger partial charge is 0.455 e. The first-order valence-corrected chi connectivity index (χ1v) is 22.1. The first kappa shape index (κ1) is 36.4. The molecule has 302 valence electrons. The molecule has 0 saturated carbocycles. The van der Waals surface area contributed by atoms with E-state index < -0.39 is 5.41 Å². The number of para-hydroxylation sites is 2. The van der Waals surface area contributed by atoms with Crippen molar-refractivity contribution in [1.29, 1.82) is 0 Å². The van der Waals surface area contributed by atoms with Crippen LogP contribution < -0.4 is 4.90 Å². The van der Waals surface area contributed by atoms with E-state index >= 15 is 0 Å². The first-order valence-electron chi connectivity index (χ1n) is 22.1. The van der Waals surface area contributed by atoms with Gasteiger partial charge in [0.25, 0.3) is 0 Å². The summed E-state index contributed by atoms with van der Waals surface area (Å²) in [4.78, 5) is 7.29. The molecule has 13 rings (SSSR count). The monoisotopic (exact) mass is 820 g/mol. The van der Waals surface area contributed by atoms with Gasteiger partial charge in [0.15, 0.2) is 5.58 Å². The summed E-state index contributed by atoms with van der Waals surface area (Å²) in [6, 6.07) is 72.0. The van der Waals surface area contributed by atoms with E-state index in [0.717, 1.165) is 79.3 Å². The summed E-state index contributed by atoms with van der Waals surface area (Å²) in [6.45, 7) is 0. The van der Waals surface area contributed by atoms with Crippen molar-refractivity contribution in [3.05, 3.63) is 241 Å². The van der Waals surface area contributed by atoms with Gasteiger partial charge in [-0.1, -0.05) is 163 Å². The summed E-state index contributed by atoms with van der Waals surface area (Å²) < 4.78 is 13.0. The van der Waals surface area contributed by atoms with Crippen LogP contribution in [-0.4, -0.2) is 4.98 Å². The molecule has 0 saturated heterocycles. The average molecular weight is 821 g/mol. The van der Waals surface area contributed by atoms with E-state index in [2.05, 4.69) is 187 Å². The Morgan fingerprint density at radius 3 is 2.02 bits per heavy atom. The van der Waals surface area contributed by atoms with E-state index in [0.29, 0.717) is 5.89 Å². The van der Waals surface area contributed by atoms with E-state index in [-0.39, 0.29) is 0 Å². The topological polar surface area (TPSA) is 42.4 Å². The molecular formula is C60H40N2O2. The molecule has 0 aliphatic heterocycles. The second kappa shape index (κ2) is 14.4. The summed E-state index contributed by atoms with van der Waals surface area (Å²) in [5.74, 6) is 0.587. The van der Waals surface area contributed by atoms with E-state index in [1.165, 1.54) is 44.5 Å². The van der Waals surface area contributed by atoms with Crippen LogP contribution in [0.25, 0.3) is 77.5 Å². The van der Waals surface area contributed by atoms with Gasteiger partial charge in [0.2, 0.25) is 5.89 Å². The Morgan fingerprint density at radius 2 is 1.19 bits per heavy atom. The zero-order chi connectivity index (χ0) is 42.2. The van der Waals surface area contributed by atoms with Gasteiger partial charge in [-0.3, -0.25) is 0 Å². The number of hydrogen-bond acceptors (Lipinski definition) is 4. The van der Waals surface area contributed by atoms with Gasteiger partial charge in [-0.05, 0) is 112 Å². The molecule has 2 aromatic heterocycles. The van der Waals surface area contributed by atoms with Crippen molar-refractivity contribution in [2.24, 2.45) is 0 Å². The minimum atomic E-state index is -0.410. The normalized spacial score (nSPS) is 15.5. The Morgan fingerprint density at radius 1 is 0.484 bits per heavy atom. The van der Waals surface area contributed by atoms with Crippen molar-refractivity contribution in [2.45, 2.75) is 18.3 Å². The Bertz CT molecular complexity index is 3640. The number of oxazole rings is 1. The second-order valence-electron chi connectivity index (χ2n) is 16.9. The summed E-state index contributed by atoms with van der Waals surface area (Å²) in [6.07, 6.45) is 8.92. The number of furan rings is 1. The smallest absolute Gasteiger partial charge is 0.227 e. The van der Waals surface area contributed by atoms with Crippen LogP contribution >= 0.6 is 0 Å². The predicted molar refractivity (Wildman–Crippen MR) is 263 cm³/mol. The highest BCUT2D eigenvalue weighted by atomic mass is 16.3. The Hall–Kier alpha value is -8.21. The second-order valence-corrected chi connectivity index (χ2v) is 16.9. The third kappa shape index (κ3) is 5.52. The Labute approximate surface area is 370 Å². The van der Waals surface area contributed by atoms with Crippen LogP contribution in [0.5, 0.6) is 0 Å². The number of nitrogens with zero attached hydrogens (tertiary/aromatic N) is 2. The van der Waals surface area contributed by atoms with E-state index in [4.69, 9.17) is 13.8 Å². The van der Waals surface area contributed by atoms with Crippen LogP contribution in [0.2, 0.25) is 0 Å². The minimum absolute atomic E-state index is 0.410. The molecule has 2 aliphatic rings. The van der Waals surface area contributed by atoms with Crippen LogP contribution in [0.1, 0.15) is 29.5 Å². The lowest BCUT2D eigenvalue weighted by molar-refractivity contribution is 0.620. The number of allylic oxidation sites excluding steroid dienone is 4. The van der Waals surface area contributed by atoms with Crippen molar-refractivity contribution in [3.8, 4) is 33.7 Å². The molecule has 2 heterocycles. The molecule has 11 aromatic rings. The van der Waals surface area contributed by atoms with E-state index in [1.807, 2.05) is 36.4 Å². The lowest BCUT2D eigenvalue weighted by Gasteiger charge is -2.37. The lowest BCUT2D eigenvalue weighted by Crippen LogP contribution is -2.30. The molecule has 1 unspecified atom stereocenters. The van der Waals surface area contributed by atoms with Crippen LogP contribution in [0.15, 0.2) is 233 Å². The number of aromatic nitrogens is 1. The highest BCUT2D eigenvalue weighted by Gasteiger charge is 2.47. The molecule has 0 radical (unpaired) electrons. The minimum Gasteiger partial charge on any atom is -0.455 e. The highest BCUT2D eigenvalue weighted by molar-refractivity contribution is 6.20. The van der Waals surface area contributed by atoms with Crippen LogP contribution in [0, 0.1) is 0 Å². The molecule has 2 aliphatic carbocycles. The van der Waals surface area contributed by atoms with Gasteiger partial charge in [0.05, 0.1) is 11.1 Å². The molecule has 0 N–H and O–H groups in total. The van der Waals surface area contributed by atoms with Crippen molar-refractivity contribution < 1.29 is 8.83 Å². The number of rotatable bonds is 7. The van der Waals surface area contributed by atoms with Crippen molar-refractivity contribution in [3.63, 3.8) is 0 Å². The molecule has 0 fully saturated rings. The summed E-state index contributed by atoms with van der Waals surface area (Å²) in [5.41, 5.74) is 17.2. The molecule has 1 atom stereocenters. The highest BCUT2D eigenvalue weighted by Crippen LogP contribution is 2.59. The third-order valence-corrected chi connectivity index (χ3v) is 13.5. The number of benzene rings is 9. The first-order chi connectivity index (χ1) is 31.7. The summed E-state index contributed by atoms with van der Waals surface area (Å²) in [5, 5.41) is 4.18. The van der Waals surface area contributed by atoms with E-state index in [1.54, 1.807) is 0 Å². The van der Waals surface area contributed by atoms with Gasteiger partial charge in [0.1, 0.15) is 16.7 Å². The predicted octanol–water partition coefficient (Wildman–Crippen LogP) is 16.3. The maximum Gasteiger partial charge on any atom is 0.227 e. The molecule has 0 bridgehead atoms. The van der Waals surface area contributed by atoms with Gasteiger partial charge in [0, 0.05) is 38.5 Å². The molecule has 0 spiro atoms. The molecule has 64 heavy (non-hydrogen) atoms. The number of hydrogen-bond donors (Lipinski definition) is 0. The maximum atomic E-state index is 6.77. The molecular weight excluding hydrogens is 781 g/mol. The third-order valence-electron chi connectivity index (χ3n) is 13.5. The Kier molecular flexibility index (Phi) is 8.22. The van der Waals surface area contributed by atoms with Crippen molar-refractivity contribution in [2.75, 3.05) is 4.90 Å².